The first kappa shape index (κ1) is 19.1. The summed E-state index contributed by atoms with van der Waals surface area (Å²) in [5.41, 5.74) is 3.72. The molecule has 0 spiro atoms. The van der Waals surface area contributed by atoms with E-state index >= 15 is 0 Å². The second-order valence-electron chi connectivity index (χ2n) is 6.84. The third kappa shape index (κ3) is 4.37. The molecule has 1 amide bonds. The fourth-order valence-electron chi connectivity index (χ4n) is 2.71. The zero-order valence-electron chi connectivity index (χ0n) is 15.9. The average molecular weight is 384 g/mol. The van der Waals surface area contributed by atoms with Gasteiger partial charge in [-0.25, -0.2) is 0 Å². The molecule has 0 N–H and O–H groups in total. The van der Waals surface area contributed by atoms with E-state index < -0.39 is 0 Å². The Labute approximate surface area is 164 Å². The van der Waals surface area contributed by atoms with Crippen LogP contribution in [0.15, 0.2) is 47.0 Å². The molecule has 0 bridgehead atoms. The lowest BCUT2D eigenvalue weighted by Gasteiger charge is -2.25. The minimum absolute atomic E-state index is 0.00927. The van der Waals surface area contributed by atoms with Gasteiger partial charge < -0.3 is 9.42 Å². The van der Waals surface area contributed by atoms with Gasteiger partial charge in [0.2, 0.25) is 11.7 Å². The molecule has 0 aliphatic rings. The highest BCUT2D eigenvalue weighted by molar-refractivity contribution is 6.30. The molecule has 0 aliphatic carbocycles. The first-order valence-corrected chi connectivity index (χ1v) is 9.19. The lowest BCUT2D eigenvalue weighted by atomic mass is 10.1. The topological polar surface area (TPSA) is 59.2 Å². The molecule has 2 aromatic carbocycles. The van der Waals surface area contributed by atoms with Crippen LogP contribution in [0.2, 0.25) is 5.02 Å². The lowest BCUT2D eigenvalue weighted by molar-refractivity contribution is 0.0667. The van der Waals surface area contributed by atoms with Gasteiger partial charge in [0, 0.05) is 22.2 Å². The van der Waals surface area contributed by atoms with Gasteiger partial charge in [-0.1, -0.05) is 22.8 Å². The van der Waals surface area contributed by atoms with Crippen LogP contribution in [0.25, 0.3) is 11.4 Å². The maximum Gasteiger partial charge on any atom is 0.254 e. The van der Waals surface area contributed by atoms with Crippen LogP contribution in [0.4, 0.5) is 0 Å². The summed E-state index contributed by atoms with van der Waals surface area (Å²) in [5, 5.41) is 4.66. The van der Waals surface area contributed by atoms with Gasteiger partial charge in [-0.2, -0.15) is 4.98 Å². The minimum atomic E-state index is -0.0562. The number of amides is 1. The molecule has 0 atom stereocenters. The van der Waals surface area contributed by atoms with E-state index in [4.69, 9.17) is 16.1 Å². The second-order valence-corrected chi connectivity index (χ2v) is 7.28. The van der Waals surface area contributed by atoms with Crippen molar-refractivity contribution in [2.24, 2.45) is 0 Å². The van der Waals surface area contributed by atoms with E-state index in [0.717, 1.165) is 16.7 Å². The third-order valence-electron chi connectivity index (χ3n) is 4.51. The number of aromatic nitrogens is 2. The van der Waals surface area contributed by atoms with Crippen molar-refractivity contribution in [3.05, 3.63) is 70.1 Å². The van der Waals surface area contributed by atoms with E-state index in [9.17, 15) is 4.79 Å². The van der Waals surface area contributed by atoms with Gasteiger partial charge in [-0.3, -0.25) is 4.79 Å². The first-order valence-electron chi connectivity index (χ1n) is 8.82. The Morgan fingerprint density at radius 3 is 2.44 bits per heavy atom. The molecule has 0 aliphatic heterocycles. The maximum atomic E-state index is 13.0. The summed E-state index contributed by atoms with van der Waals surface area (Å²) in [6.45, 7) is 8.22. The van der Waals surface area contributed by atoms with Crippen LogP contribution in [-0.4, -0.2) is 27.0 Å². The smallest absolute Gasteiger partial charge is 0.254 e. The Hall–Kier alpha value is -2.66. The Morgan fingerprint density at radius 2 is 1.81 bits per heavy atom. The van der Waals surface area contributed by atoms with Crippen molar-refractivity contribution in [2.75, 3.05) is 0 Å². The van der Waals surface area contributed by atoms with Crippen molar-refractivity contribution < 1.29 is 9.32 Å². The zero-order valence-corrected chi connectivity index (χ0v) is 16.6. The number of carbonyl (C=O) groups is 1. The molecule has 27 heavy (non-hydrogen) atoms. The number of hydrogen-bond acceptors (Lipinski definition) is 4. The van der Waals surface area contributed by atoms with Gasteiger partial charge in [0.05, 0.1) is 0 Å². The third-order valence-corrected chi connectivity index (χ3v) is 4.77. The molecule has 140 valence electrons. The second kappa shape index (κ2) is 7.92. The van der Waals surface area contributed by atoms with E-state index in [1.807, 2.05) is 58.0 Å². The highest BCUT2D eigenvalue weighted by atomic mass is 35.5. The van der Waals surface area contributed by atoms with Crippen LogP contribution in [0.5, 0.6) is 0 Å². The number of rotatable bonds is 5. The van der Waals surface area contributed by atoms with E-state index in [2.05, 4.69) is 10.1 Å². The zero-order chi connectivity index (χ0) is 19.6. The molecular formula is C21H22ClN3O2. The van der Waals surface area contributed by atoms with Crippen molar-refractivity contribution in [1.29, 1.82) is 0 Å². The number of carbonyl (C=O) groups excluding carboxylic acids is 1. The number of aryl methyl sites for hydroxylation is 2. The summed E-state index contributed by atoms with van der Waals surface area (Å²) in [4.78, 5) is 19.1. The minimum Gasteiger partial charge on any atom is -0.337 e. The molecule has 0 radical (unpaired) electrons. The summed E-state index contributed by atoms with van der Waals surface area (Å²) in [5.74, 6) is 0.814. The molecule has 0 saturated carbocycles. The summed E-state index contributed by atoms with van der Waals surface area (Å²) in [6.07, 6.45) is 0. The van der Waals surface area contributed by atoms with Crippen molar-refractivity contribution in [3.63, 3.8) is 0 Å². The lowest BCUT2D eigenvalue weighted by Crippen LogP contribution is -2.36. The Morgan fingerprint density at radius 1 is 1.11 bits per heavy atom. The van der Waals surface area contributed by atoms with E-state index in [-0.39, 0.29) is 18.5 Å². The molecule has 0 unspecified atom stereocenters. The largest absolute Gasteiger partial charge is 0.337 e. The first-order chi connectivity index (χ1) is 12.8. The van der Waals surface area contributed by atoms with Crippen molar-refractivity contribution in [2.45, 2.75) is 40.3 Å². The van der Waals surface area contributed by atoms with Gasteiger partial charge in [-0.15, -0.1) is 0 Å². The van der Waals surface area contributed by atoms with Crippen LogP contribution < -0.4 is 0 Å². The van der Waals surface area contributed by atoms with Crippen LogP contribution in [0.3, 0.4) is 0 Å². The summed E-state index contributed by atoms with van der Waals surface area (Å²) in [7, 11) is 0. The van der Waals surface area contributed by atoms with Crippen LogP contribution in [0, 0.1) is 13.8 Å². The number of benzene rings is 2. The average Bonchev–Trinajstić information content (AvgIpc) is 3.10. The molecular weight excluding hydrogens is 362 g/mol. The molecule has 3 rings (SSSR count). The van der Waals surface area contributed by atoms with E-state index in [1.165, 1.54) is 0 Å². The van der Waals surface area contributed by atoms with Crippen LogP contribution in [0.1, 0.15) is 41.2 Å². The Kier molecular flexibility index (Phi) is 5.61. The Balaban J connectivity index is 1.81. The van der Waals surface area contributed by atoms with E-state index in [1.54, 1.807) is 17.0 Å². The monoisotopic (exact) mass is 383 g/mol. The quantitative estimate of drug-likeness (QED) is 0.618. The fourth-order valence-corrected chi connectivity index (χ4v) is 2.84. The standard InChI is InChI=1S/C21H22ClN3O2/c1-13(2)25(21(26)17-6-5-14(3)15(4)11-17)12-19-23-20(24-27-19)16-7-9-18(22)10-8-16/h5-11,13H,12H2,1-4H3. The van der Waals surface area contributed by atoms with Gasteiger partial charge in [0.1, 0.15) is 6.54 Å². The van der Waals surface area contributed by atoms with Gasteiger partial charge in [0.25, 0.3) is 5.91 Å². The molecule has 0 saturated heterocycles. The van der Waals surface area contributed by atoms with Crippen LogP contribution in [-0.2, 0) is 6.54 Å². The molecule has 0 fully saturated rings. The maximum absolute atomic E-state index is 13.0. The fraction of sp³-hybridized carbons (Fsp3) is 0.286. The van der Waals surface area contributed by atoms with Crippen molar-refractivity contribution >= 4 is 17.5 Å². The summed E-state index contributed by atoms with van der Waals surface area (Å²) < 4.78 is 5.37. The molecule has 1 heterocycles. The van der Waals surface area contributed by atoms with Gasteiger partial charge in [-0.05, 0) is 75.2 Å². The number of hydrogen-bond donors (Lipinski definition) is 0. The molecule has 6 heteroatoms. The molecule has 3 aromatic rings. The normalized spacial score (nSPS) is 11.0. The van der Waals surface area contributed by atoms with Crippen molar-refractivity contribution in [1.82, 2.24) is 15.0 Å². The highest BCUT2D eigenvalue weighted by Crippen LogP contribution is 2.20. The highest BCUT2D eigenvalue weighted by Gasteiger charge is 2.22. The number of nitrogens with zero attached hydrogens (tertiary/aromatic N) is 3. The predicted octanol–water partition coefficient (Wildman–Crippen LogP) is 5.06. The predicted molar refractivity (Wildman–Crippen MR) is 106 cm³/mol. The summed E-state index contributed by atoms with van der Waals surface area (Å²) in [6, 6.07) is 12.9. The van der Waals surface area contributed by atoms with Gasteiger partial charge in [0.15, 0.2) is 0 Å². The number of halogens is 1. The summed E-state index contributed by atoms with van der Waals surface area (Å²) >= 11 is 5.91. The van der Waals surface area contributed by atoms with Crippen molar-refractivity contribution in [3.8, 4) is 11.4 Å². The van der Waals surface area contributed by atoms with E-state index in [0.29, 0.717) is 22.3 Å². The molecule has 1 aromatic heterocycles. The van der Waals surface area contributed by atoms with Gasteiger partial charge >= 0.3 is 0 Å². The SMILES string of the molecule is Cc1ccc(C(=O)N(Cc2nc(-c3ccc(Cl)cc3)no2)C(C)C)cc1C. The molecule has 5 nitrogen and oxygen atoms in total. The Bertz CT molecular complexity index is 948. The van der Waals surface area contributed by atoms with Crippen LogP contribution >= 0.6 is 11.6 Å².